The Morgan fingerprint density at radius 2 is 2.03 bits per heavy atom. The maximum absolute atomic E-state index is 13.9. The van der Waals surface area contributed by atoms with Crippen molar-refractivity contribution < 1.29 is 4.39 Å². The van der Waals surface area contributed by atoms with Crippen molar-refractivity contribution in [2.75, 3.05) is 18.0 Å². The number of rotatable bonds is 5. The lowest BCUT2D eigenvalue weighted by Crippen LogP contribution is -2.41. The van der Waals surface area contributed by atoms with E-state index in [1.54, 1.807) is 12.1 Å². The summed E-state index contributed by atoms with van der Waals surface area (Å²) in [6.07, 6.45) is 12.3. The van der Waals surface area contributed by atoms with Gasteiger partial charge >= 0.3 is 0 Å². The second-order valence-electron chi connectivity index (χ2n) is 12.2. The lowest BCUT2D eigenvalue weighted by Gasteiger charge is -2.42. The summed E-state index contributed by atoms with van der Waals surface area (Å²) in [5.41, 5.74) is 3.86. The molecular formula is C29H38FN3. The highest BCUT2D eigenvalue weighted by atomic mass is 19.1. The second kappa shape index (κ2) is 7.71. The fourth-order valence-corrected chi connectivity index (χ4v) is 7.83. The van der Waals surface area contributed by atoms with Crippen molar-refractivity contribution in [1.82, 2.24) is 10.3 Å². The van der Waals surface area contributed by atoms with Gasteiger partial charge in [0, 0.05) is 41.6 Å². The van der Waals surface area contributed by atoms with Gasteiger partial charge in [0.15, 0.2) is 0 Å². The zero-order valence-electron chi connectivity index (χ0n) is 20.2. The number of piperidine rings is 1. The van der Waals surface area contributed by atoms with Gasteiger partial charge in [0.2, 0.25) is 0 Å². The molecule has 5 atom stereocenters. The molecular weight excluding hydrogens is 409 g/mol. The molecule has 0 spiro atoms. The smallest absolute Gasteiger partial charge is 0.124 e. The number of halogens is 1. The lowest BCUT2D eigenvalue weighted by atomic mass is 9.76. The molecule has 4 fully saturated rings. The molecule has 3 aliphatic carbocycles. The van der Waals surface area contributed by atoms with Crippen molar-refractivity contribution in [3.05, 3.63) is 48.6 Å². The van der Waals surface area contributed by atoms with Crippen molar-refractivity contribution >= 4 is 16.6 Å². The van der Waals surface area contributed by atoms with Gasteiger partial charge in [-0.25, -0.2) is 4.39 Å². The molecule has 4 aliphatic rings. The fourth-order valence-electron chi connectivity index (χ4n) is 7.83. The van der Waals surface area contributed by atoms with Crippen molar-refractivity contribution in [2.45, 2.75) is 70.8 Å². The number of anilines is 1. The third-order valence-electron chi connectivity index (χ3n) is 9.80. The molecule has 176 valence electrons. The molecule has 2 bridgehead atoms. The Labute approximate surface area is 197 Å². The lowest BCUT2D eigenvalue weighted by molar-refractivity contribution is 0.234. The molecule has 4 heteroatoms. The molecule has 1 aromatic heterocycles. The van der Waals surface area contributed by atoms with E-state index in [4.69, 9.17) is 0 Å². The van der Waals surface area contributed by atoms with Gasteiger partial charge in [0.05, 0.1) is 5.52 Å². The first-order chi connectivity index (χ1) is 15.8. The van der Waals surface area contributed by atoms with Crippen LogP contribution in [0.2, 0.25) is 0 Å². The average Bonchev–Trinajstić information content (AvgIpc) is 3.27. The molecule has 2 aromatic rings. The van der Waals surface area contributed by atoms with E-state index in [0.29, 0.717) is 5.54 Å². The van der Waals surface area contributed by atoms with Gasteiger partial charge in [-0.1, -0.05) is 26.8 Å². The van der Waals surface area contributed by atoms with Gasteiger partial charge in [-0.05, 0) is 98.3 Å². The van der Waals surface area contributed by atoms with Crippen LogP contribution in [0.1, 0.15) is 65.2 Å². The second-order valence-corrected chi connectivity index (χ2v) is 12.2. The summed E-state index contributed by atoms with van der Waals surface area (Å²) in [5.74, 6) is 3.44. The molecule has 33 heavy (non-hydrogen) atoms. The summed E-state index contributed by atoms with van der Waals surface area (Å²) in [5, 5.41) is 4.93. The maximum atomic E-state index is 13.9. The molecule has 5 unspecified atom stereocenters. The molecule has 1 aliphatic heterocycles. The van der Waals surface area contributed by atoms with E-state index in [2.05, 4.69) is 35.6 Å². The van der Waals surface area contributed by atoms with Crippen LogP contribution < -0.4 is 10.2 Å². The van der Waals surface area contributed by atoms with Crippen molar-refractivity contribution in [3.8, 4) is 0 Å². The minimum atomic E-state index is -0.195. The van der Waals surface area contributed by atoms with Gasteiger partial charge in [-0.2, -0.15) is 0 Å². The average molecular weight is 448 g/mol. The fraction of sp³-hybridized carbons (Fsp3) is 0.621. The molecule has 3 saturated carbocycles. The van der Waals surface area contributed by atoms with Gasteiger partial charge in [0.1, 0.15) is 5.82 Å². The summed E-state index contributed by atoms with van der Waals surface area (Å²) in [6, 6.07) is 6.94. The van der Waals surface area contributed by atoms with E-state index in [-0.39, 0.29) is 11.2 Å². The first kappa shape index (κ1) is 21.4. The standard InChI is InChI=1S/C29H38FN3/c1-19(32-29-17-21-4-5-22(14-21)20(2)25(29)18-29)16-28(3)9-12-33(13-10-28)27-8-11-31-26-7-6-23(30)15-24(26)27/h6-8,11,15,20-22,25,32H,1,4-5,9-10,12-14,16-18H2,2-3H3. The van der Waals surface area contributed by atoms with Gasteiger partial charge < -0.3 is 10.2 Å². The number of fused-ring (bicyclic) bond motifs is 4. The highest BCUT2D eigenvalue weighted by Crippen LogP contribution is 2.61. The van der Waals surface area contributed by atoms with Crippen LogP contribution >= 0.6 is 0 Å². The molecule has 1 aromatic carbocycles. The van der Waals surface area contributed by atoms with Crippen molar-refractivity contribution in [3.63, 3.8) is 0 Å². The normalized spacial score (nSPS) is 34.6. The van der Waals surface area contributed by atoms with Crippen LogP contribution in [-0.4, -0.2) is 23.6 Å². The van der Waals surface area contributed by atoms with Crippen LogP contribution in [-0.2, 0) is 0 Å². The van der Waals surface area contributed by atoms with E-state index < -0.39 is 0 Å². The van der Waals surface area contributed by atoms with Crippen LogP contribution in [0.5, 0.6) is 0 Å². The molecule has 1 saturated heterocycles. The largest absolute Gasteiger partial charge is 0.383 e. The Morgan fingerprint density at radius 3 is 2.85 bits per heavy atom. The number of hydrogen-bond donors (Lipinski definition) is 1. The monoisotopic (exact) mass is 447 g/mol. The summed E-state index contributed by atoms with van der Waals surface area (Å²) >= 11 is 0. The van der Waals surface area contributed by atoms with Crippen molar-refractivity contribution in [1.29, 1.82) is 0 Å². The zero-order chi connectivity index (χ0) is 22.8. The van der Waals surface area contributed by atoms with E-state index >= 15 is 0 Å². The quantitative estimate of drug-likeness (QED) is 0.553. The van der Waals surface area contributed by atoms with Gasteiger partial charge in [0.25, 0.3) is 0 Å². The minimum Gasteiger partial charge on any atom is -0.383 e. The van der Waals surface area contributed by atoms with E-state index in [9.17, 15) is 4.39 Å². The number of allylic oxidation sites excluding steroid dienone is 1. The third-order valence-corrected chi connectivity index (χ3v) is 9.80. The van der Waals surface area contributed by atoms with Gasteiger partial charge in [-0.3, -0.25) is 4.98 Å². The summed E-state index contributed by atoms with van der Waals surface area (Å²) in [7, 11) is 0. The molecule has 0 radical (unpaired) electrons. The highest BCUT2D eigenvalue weighted by molar-refractivity contribution is 5.91. The zero-order valence-corrected chi connectivity index (χ0v) is 20.2. The Morgan fingerprint density at radius 1 is 1.21 bits per heavy atom. The number of hydrogen-bond acceptors (Lipinski definition) is 3. The Kier molecular flexibility index (Phi) is 5.01. The van der Waals surface area contributed by atoms with Crippen LogP contribution in [0.25, 0.3) is 10.9 Å². The predicted octanol–water partition coefficient (Wildman–Crippen LogP) is 6.69. The molecule has 2 heterocycles. The van der Waals surface area contributed by atoms with Crippen LogP contribution in [0.15, 0.2) is 42.7 Å². The Bertz CT molecular complexity index is 1070. The summed E-state index contributed by atoms with van der Waals surface area (Å²) in [4.78, 5) is 6.84. The first-order valence-electron chi connectivity index (χ1n) is 13.1. The SMILES string of the molecule is C=C(CC1(C)CCN(c2ccnc3ccc(F)cc23)CC1)NC12CC3CCC(C3)C(C)C1C2. The maximum Gasteiger partial charge on any atom is 0.124 e. The first-order valence-corrected chi connectivity index (χ1v) is 13.1. The van der Waals surface area contributed by atoms with E-state index in [0.717, 1.165) is 72.6 Å². The molecule has 6 rings (SSSR count). The molecule has 1 N–H and O–H groups in total. The van der Waals surface area contributed by atoms with Crippen LogP contribution in [0.4, 0.5) is 10.1 Å². The van der Waals surface area contributed by atoms with Crippen LogP contribution in [0, 0.1) is 34.9 Å². The number of benzene rings is 1. The minimum absolute atomic E-state index is 0.195. The predicted molar refractivity (Wildman–Crippen MR) is 134 cm³/mol. The topological polar surface area (TPSA) is 28.2 Å². The number of nitrogens with one attached hydrogen (secondary N) is 1. The number of nitrogens with zero attached hydrogens (tertiary/aromatic N) is 2. The Balaban J connectivity index is 1.10. The number of pyridine rings is 1. The number of aromatic nitrogens is 1. The van der Waals surface area contributed by atoms with Gasteiger partial charge in [-0.15, -0.1) is 0 Å². The molecule has 0 amide bonds. The summed E-state index contributed by atoms with van der Waals surface area (Å²) in [6.45, 7) is 11.5. The van der Waals surface area contributed by atoms with Crippen molar-refractivity contribution in [2.24, 2.45) is 29.1 Å². The molecule has 3 nitrogen and oxygen atoms in total. The summed E-state index contributed by atoms with van der Waals surface area (Å²) < 4.78 is 13.9. The highest BCUT2D eigenvalue weighted by Gasteiger charge is 2.61. The van der Waals surface area contributed by atoms with E-state index in [1.165, 1.54) is 43.9 Å². The third kappa shape index (κ3) is 3.84. The van der Waals surface area contributed by atoms with Crippen LogP contribution in [0.3, 0.4) is 0 Å². The van der Waals surface area contributed by atoms with E-state index in [1.807, 2.05) is 12.3 Å². The Hall–Kier alpha value is -2.10.